The average Bonchev–Trinajstić information content (AvgIpc) is 2.56. The highest BCUT2D eigenvalue weighted by Gasteiger charge is 2.22. The predicted octanol–water partition coefficient (Wildman–Crippen LogP) is 3.77. The molecule has 6 heteroatoms. The molecule has 24 heavy (non-hydrogen) atoms. The molecule has 1 heterocycles. The van der Waals surface area contributed by atoms with Crippen molar-refractivity contribution in [2.24, 2.45) is 0 Å². The van der Waals surface area contributed by atoms with Gasteiger partial charge in [0.25, 0.3) is 0 Å². The van der Waals surface area contributed by atoms with Crippen molar-refractivity contribution in [3.8, 4) is 0 Å². The van der Waals surface area contributed by atoms with Gasteiger partial charge in [0.05, 0.1) is 5.69 Å². The molecule has 3 amide bonds. The van der Waals surface area contributed by atoms with E-state index >= 15 is 0 Å². The van der Waals surface area contributed by atoms with Crippen LogP contribution in [0.2, 0.25) is 0 Å². The summed E-state index contributed by atoms with van der Waals surface area (Å²) in [6.07, 6.45) is 1.61. The molecule has 0 spiro atoms. The molecule has 124 valence electrons. The van der Waals surface area contributed by atoms with Gasteiger partial charge in [-0.2, -0.15) is 0 Å². The Balaban J connectivity index is 1.81. The lowest BCUT2D eigenvalue weighted by atomic mass is 9.99. The molecule has 0 unspecified atom stereocenters. The van der Waals surface area contributed by atoms with Crippen LogP contribution in [0.5, 0.6) is 0 Å². The van der Waals surface area contributed by atoms with E-state index in [2.05, 4.69) is 10.6 Å². The van der Waals surface area contributed by atoms with Crippen molar-refractivity contribution in [3.05, 3.63) is 53.8 Å². The van der Waals surface area contributed by atoms with Crippen LogP contribution >= 0.6 is 0 Å². The van der Waals surface area contributed by atoms with Gasteiger partial charge >= 0.3 is 6.03 Å². The number of amides is 3. The molecule has 1 aliphatic heterocycles. The second-order valence-corrected chi connectivity index (χ2v) is 5.64. The summed E-state index contributed by atoms with van der Waals surface area (Å²) in [5, 5.41) is 5.24. The second kappa shape index (κ2) is 6.70. The third-order valence-corrected chi connectivity index (χ3v) is 4.00. The molecule has 1 aliphatic rings. The molecule has 2 aromatic rings. The molecule has 0 radical (unpaired) electrons. The first-order valence-electron chi connectivity index (χ1n) is 7.79. The fourth-order valence-electron chi connectivity index (χ4n) is 2.91. The van der Waals surface area contributed by atoms with E-state index < -0.39 is 11.8 Å². The van der Waals surface area contributed by atoms with E-state index in [0.717, 1.165) is 24.1 Å². The van der Waals surface area contributed by atoms with Crippen LogP contribution in [-0.2, 0) is 11.2 Å². The Bertz CT molecular complexity index is 792. The van der Waals surface area contributed by atoms with Crippen LogP contribution < -0.4 is 15.5 Å². The van der Waals surface area contributed by atoms with Gasteiger partial charge in [0.2, 0.25) is 5.91 Å². The highest BCUT2D eigenvalue weighted by molar-refractivity contribution is 6.02. The topological polar surface area (TPSA) is 61.4 Å². The van der Waals surface area contributed by atoms with Crippen LogP contribution in [0.25, 0.3) is 0 Å². The average molecular weight is 327 g/mol. The minimum absolute atomic E-state index is 0.0242. The second-order valence-electron chi connectivity index (χ2n) is 5.64. The summed E-state index contributed by atoms with van der Waals surface area (Å²) in [4.78, 5) is 25.6. The van der Waals surface area contributed by atoms with Gasteiger partial charge in [-0.1, -0.05) is 18.2 Å². The summed E-state index contributed by atoms with van der Waals surface area (Å²) >= 11 is 0. The molecule has 0 bridgehead atoms. The molecule has 2 aromatic carbocycles. The van der Waals surface area contributed by atoms with E-state index in [1.807, 2.05) is 6.07 Å². The van der Waals surface area contributed by atoms with Crippen molar-refractivity contribution in [3.63, 3.8) is 0 Å². The zero-order chi connectivity index (χ0) is 17.1. The monoisotopic (exact) mass is 327 g/mol. The van der Waals surface area contributed by atoms with Crippen LogP contribution in [0.3, 0.4) is 0 Å². The number of anilines is 3. The smallest absolute Gasteiger partial charge is 0.312 e. The Hall–Kier alpha value is -2.89. The number of fused-ring (bicyclic) bond motifs is 1. The van der Waals surface area contributed by atoms with Gasteiger partial charge in [-0.05, 0) is 42.7 Å². The van der Waals surface area contributed by atoms with Crippen LogP contribution in [0.1, 0.15) is 18.9 Å². The normalized spacial score (nSPS) is 13.2. The van der Waals surface area contributed by atoms with E-state index in [0.29, 0.717) is 12.2 Å². The lowest BCUT2D eigenvalue weighted by Crippen LogP contribution is -2.34. The number of hydrogen-bond donors (Lipinski definition) is 2. The van der Waals surface area contributed by atoms with E-state index in [4.69, 9.17) is 0 Å². The lowest BCUT2D eigenvalue weighted by molar-refractivity contribution is -0.116. The number of halogens is 1. The third kappa shape index (κ3) is 3.22. The number of hydrogen-bond acceptors (Lipinski definition) is 2. The quantitative estimate of drug-likeness (QED) is 0.882. The largest absolute Gasteiger partial charge is 0.323 e. The molecular formula is C18H18FN3O2. The van der Waals surface area contributed by atoms with Crippen LogP contribution in [0.4, 0.5) is 26.2 Å². The Morgan fingerprint density at radius 3 is 2.50 bits per heavy atom. The van der Waals surface area contributed by atoms with Gasteiger partial charge in [-0.15, -0.1) is 0 Å². The van der Waals surface area contributed by atoms with Crippen LogP contribution in [-0.4, -0.2) is 18.5 Å². The molecule has 0 saturated heterocycles. The van der Waals surface area contributed by atoms with E-state index in [1.165, 1.54) is 19.1 Å². The molecule has 0 atom stereocenters. The number of para-hydroxylation sites is 1. The minimum Gasteiger partial charge on any atom is -0.312 e. The maximum Gasteiger partial charge on any atom is 0.323 e. The fraction of sp³-hybridized carbons (Fsp3) is 0.222. The number of nitrogens with zero attached hydrogens (tertiary/aromatic N) is 1. The lowest BCUT2D eigenvalue weighted by Gasteiger charge is -2.30. The molecule has 2 N–H and O–H groups in total. The van der Waals surface area contributed by atoms with Crippen molar-refractivity contribution in [2.75, 3.05) is 22.1 Å². The van der Waals surface area contributed by atoms with Gasteiger partial charge in [-0.3, -0.25) is 4.79 Å². The third-order valence-electron chi connectivity index (χ3n) is 4.00. The standard InChI is InChI=1S/C18H18FN3O2/c1-12(23)22-11-5-6-13-15(9-4-10-17(13)22)20-18(24)21-16-8-3-2-7-14(16)19/h2-4,7-10H,5-6,11H2,1H3,(H2,20,21,24). The van der Waals surface area contributed by atoms with E-state index in [-0.39, 0.29) is 11.6 Å². The highest BCUT2D eigenvalue weighted by atomic mass is 19.1. The van der Waals surface area contributed by atoms with Gasteiger partial charge in [-0.25, -0.2) is 9.18 Å². The zero-order valence-corrected chi connectivity index (χ0v) is 13.3. The van der Waals surface area contributed by atoms with Crippen molar-refractivity contribution in [2.45, 2.75) is 19.8 Å². The Labute approximate surface area is 139 Å². The van der Waals surface area contributed by atoms with Gasteiger partial charge in [0.1, 0.15) is 5.82 Å². The molecule has 5 nitrogen and oxygen atoms in total. The molecule has 3 rings (SSSR count). The Morgan fingerprint density at radius 2 is 1.75 bits per heavy atom. The number of rotatable bonds is 2. The number of urea groups is 1. The summed E-state index contributed by atoms with van der Waals surface area (Å²) in [5.74, 6) is -0.519. The molecule has 0 aromatic heterocycles. The predicted molar refractivity (Wildman–Crippen MR) is 91.8 cm³/mol. The fourth-order valence-corrected chi connectivity index (χ4v) is 2.91. The minimum atomic E-state index is -0.520. The van der Waals surface area contributed by atoms with E-state index in [1.54, 1.807) is 29.2 Å². The number of benzene rings is 2. The maximum absolute atomic E-state index is 13.6. The first-order valence-corrected chi connectivity index (χ1v) is 7.79. The molecule has 0 aliphatic carbocycles. The Kier molecular flexibility index (Phi) is 4.46. The van der Waals surface area contributed by atoms with Gasteiger partial charge in [0.15, 0.2) is 0 Å². The Morgan fingerprint density at radius 1 is 1.04 bits per heavy atom. The van der Waals surface area contributed by atoms with Crippen molar-refractivity contribution < 1.29 is 14.0 Å². The molecular weight excluding hydrogens is 309 g/mol. The number of carbonyl (C=O) groups excluding carboxylic acids is 2. The summed E-state index contributed by atoms with van der Waals surface area (Å²) in [7, 11) is 0. The zero-order valence-electron chi connectivity index (χ0n) is 13.3. The summed E-state index contributed by atoms with van der Waals surface area (Å²) in [5.41, 5.74) is 2.48. The van der Waals surface area contributed by atoms with Gasteiger partial charge < -0.3 is 15.5 Å². The summed E-state index contributed by atoms with van der Waals surface area (Å²) in [6.45, 7) is 2.20. The van der Waals surface area contributed by atoms with Crippen LogP contribution in [0.15, 0.2) is 42.5 Å². The molecule has 0 fully saturated rings. The van der Waals surface area contributed by atoms with Crippen LogP contribution in [0, 0.1) is 5.82 Å². The van der Waals surface area contributed by atoms with Crippen molar-refractivity contribution in [1.82, 2.24) is 0 Å². The first-order chi connectivity index (χ1) is 11.6. The number of carbonyl (C=O) groups is 2. The van der Waals surface area contributed by atoms with Crippen molar-refractivity contribution in [1.29, 1.82) is 0 Å². The number of nitrogens with one attached hydrogen (secondary N) is 2. The van der Waals surface area contributed by atoms with Crippen molar-refractivity contribution >= 4 is 29.0 Å². The first kappa shape index (κ1) is 16.0. The highest BCUT2D eigenvalue weighted by Crippen LogP contribution is 2.33. The van der Waals surface area contributed by atoms with E-state index in [9.17, 15) is 14.0 Å². The maximum atomic E-state index is 13.6. The molecule has 0 saturated carbocycles. The van der Waals surface area contributed by atoms with Gasteiger partial charge in [0, 0.05) is 24.8 Å². The SMILES string of the molecule is CC(=O)N1CCCc2c(NC(=O)Nc3ccccc3F)cccc21. The summed E-state index contributed by atoms with van der Waals surface area (Å²) in [6, 6.07) is 10.9. The summed E-state index contributed by atoms with van der Waals surface area (Å²) < 4.78 is 13.6.